The molecule has 0 spiro atoms. The molecule has 2 saturated heterocycles. The summed E-state index contributed by atoms with van der Waals surface area (Å²) in [5, 5.41) is 10.1. The van der Waals surface area contributed by atoms with Crippen molar-refractivity contribution in [1.82, 2.24) is 4.90 Å². The summed E-state index contributed by atoms with van der Waals surface area (Å²) in [7, 11) is 1.71. The number of hydrogen-bond donors (Lipinski definition) is 1. The SMILES string of the molecule is COC1CCC2CCC(C1C(C)=O)N2C(CO)c1ccccc1. The summed E-state index contributed by atoms with van der Waals surface area (Å²) in [6.45, 7) is 1.77. The predicted octanol–water partition coefficient (Wildman–Crippen LogP) is 2.57. The first kappa shape index (κ1) is 16.6. The molecule has 5 unspecified atom stereocenters. The van der Waals surface area contributed by atoms with Crippen molar-refractivity contribution in [2.45, 2.75) is 56.8 Å². The molecule has 2 bridgehead atoms. The zero-order valence-electron chi connectivity index (χ0n) is 14.0. The van der Waals surface area contributed by atoms with Gasteiger partial charge < -0.3 is 9.84 Å². The average Bonchev–Trinajstić information content (AvgIpc) is 2.86. The van der Waals surface area contributed by atoms with Gasteiger partial charge in [0.25, 0.3) is 0 Å². The Morgan fingerprint density at radius 1 is 1.26 bits per heavy atom. The van der Waals surface area contributed by atoms with E-state index in [9.17, 15) is 9.90 Å². The second-order valence-electron chi connectivity index (χ2n) is 6.84. The largest absolute Gasteiger partial charge is 0.394 e. The third kappa shape index (κ3) is 3.08. The minimum absolute atomic E-state index is 0.000385. The number of Topliss-reactive ketones (excluding diaryl/α,β-unsaturated/α-hetero) is 1. The predicted molar refractivity (Wildman–Crippen MR) is 89.1 cm³/mol. The zero-order valence-corrected chi connectivity index (χ0v) is 14.0. The fourth-order valence-electron chi connectivity index (χ4n) is 4.70. The average molecular weight is 317 g/mol. The molecule has 2 heterocycles. The van der Waals surface area contributed by atoms with Crippen LogP contribution in [0.2, 0.25) is 0 Å². The number of carbonyl (C=O) groups is 1. The molecule has 0 aromatic heterocycles. The normalized spacial score (nSPS) is 32.5. The molecule has 3 rings (SSSR count). The first-order chi connectivity index (χ1) is 11.2. The van der Waals surface area contributed by atoms with Gasteiger partial charge in [-0.3, -0.25) is 9.69 Å². The molecule has 23 heavy (non-hydrogen) atoms. The van der Waals surface area contributed by atoms with Crippen LogP contribution in [-0.4, -0.2) is 47.7 Å². The minimum Gasteiger partial charge on any atom is -0.394 e. The lowest BCUT2D eigenvalue weighted by molar-refractivity contribution is -0.128. The molecule has 2 fully saturated rings. The fraction of sp³-hybridized carbons (Fsp3) is 0.632. The molecule has 4 nitrogen and oxygen atoms in total. The van der Waals surface area contributed by atoms with Crippen LogP contribution in [0.5, 0.6) is 0 Å². The minimum atomic E-state index is -0.0923. The Labute approximate surface area is 138 Å². The molecular formula is C19H27NO3. The van der Waals surface area contributed by atoms with Gasteiger partial charge in [0, 0.05) is 19.2 Å². The van der Waals surface area contributed by atoms with Gasteiger partial charge in [-0.15, -0.1) is 0 Å². The molecule has 0 amide bonds. The van der Waals surface area contributed by atoms with E-state index in [0.29, 0.717) is 6.04 Å². The number of aliphatic hydroxyl groups is 1. The van der Waals surface area contributed by atoms with Crippen LogP contribution < -0.4 is 0 Å². The number of aliphatic hydroxyl groups excluding tert-OH is 1. The molecule has 0 saturated carbocycles. The van der Waals surface area contributed by atoms with Crippen molar-refractivity contribution in [3.05, 3.63) is 35.9 Å². The number of methoxy groups -OCH3 is 1. The van der Waals surface area contributed by atoms with E-state index >= 15 is 0 Å². The first-order valence-corrected chi connectivity index (χ1v) is 8.63. The Kier molecular flexibility index (Phi) is 5.14. The van der Waals surface area contributed by atoms with Crippen LogP contribution in [0.15, 0.2) is 30.3 Å². The van der Waals surface area contributed by atoms with E-state index in [1.807, 2.05) is 18.2 Å². The van der Waals surface area contributed by atoms with E-state index in [1.54, 1.807) is 14.0 Å². The number of nitrogens with zero attached hydrogens (tertiary/aromatic N) is 1. The Morgan fingerprint density at radius 2 is 1.96 bits per heavy atom. The zero-order chi connectivity index (χ0) is 16.4. The van der Waals surface area contributed by atoms with Gasteiger partial charge >= 0.3 is 0 Å². The summed E-state index contributed by atoms with van der Waals surface area (Å²) in [5.41, 5.74) is 1.13. The van der Waals surface area contributed by atoms with Gasteiger partial charge in [0.05, 0.1) is 24.7 Å². The van der Waals surface area contributed by atoms with Gasteiger partial charge in [-0.05, 0) is 38.2 Å². The lowest BCUT2D eigenvalue weighted by atomic mass is 9.85. The maximum atomic E-state index is 12.3. The highest BCUT2D eigenvalue weighted by atomic mass is 16.5. The van der Waals surface area contributed by atoms with Gasteiger partial charge in [-0.2, -0.15) is 0 Å². The maximum Gasteiger partial charge on any atom is 0.137 e. The highest BCUT2D eigenvalue weighted by Gasteiger charge is 2.48. The van der Waals surface area contributed by atoms with Crippen LogP contribution >= 0.6 is 0 Å². The summed E-state index contributed by atoms with van der Waals surface area (Å²) in [4.78, 5) is 14.7. The van der Waals surface area contributed by atoms with Crippen LogP contribution in [0.25, 0.3) is 0 Å². The monoisotopic (exact) mass is 317 g/mol. The van der Waals surface area contributed by atoms with Crippen LogP contribution in [0.4, 0.5) is 0 Å². The van der Waals surface area contributed by atoms with Gasteiger partial charge in [0.2, 0.25) is 0 Å². The third-order valence-corrected chi connectivity index (χ3v) is 5.69. The highest BCUT2D eigenvalue weighted by Crippen LogP contribution is 2.43. The second kappa shape index (κ2) is 7.12. The number of rotatable bonds is 5. The third-order valence-electron chi connectivity index (χ3n) is 5.69. The van der Waals surface area contributed by atoms with Gasteiger partial charge in [-0.25, -0.2) is 0 Å². The smallest absolute Gasteiger partial charge is 0.137 e. The number of fused-ring (bicyclic) bond motifs is 2. The van der Waals surface area contributed by atoms with Crippen LogP contribution in [0.3, 0.4) is 0 Å². The number of carbonyl (C=O) groups excluding carboxylic acids is 1. The molecule has 126 valence electrons. The molecule has 0 radical (unpaired) electrons. The van der Waals surface area contributed by atoms with Crippen molar-refractivity contribution in [2.24, 2.45) is 5.92 Å². The van der Waals surface area contributed by atoms with Crippen molar-refractivity contribution in [3.8, 4) is 0 Å². The van der Waals surface area contributed by atoms with E-state index in [0.717, 1.165) is 31.2 Å². The van der Waals surface area contributed by atoms with Crippen molar-refractivity contribution in [1.29, 1.82) is 0 Å². The van der Waals surface area contributed by atoms with Crippen LogP contribution in [-0.2, 0) is 9.53 Å². The van der Waals surface area contributed by atoms with E-state index in [4.69, 9.17) is 4.74 Å². The summed E-state index contributed by atoms with van der Waals surface area (Å²) in [5.74, 6) is 0.115. The number of benzene rings is 1. The fourth-order valence-corrected chi connectivity index (χ4v) is 4.70. The summed E-state index contributed by atoms with van der Waals surface area (Å²) in [6, 6.07) is 10.7. The number of ketones is 1. The second-order valence-corrected chi connectivity index (χ2v) is 6.84. The Hall–Kier alpha value is -1.23. The molecule has 1 aromatic rings. The van der Waals surface area contributed by atoms with Crippen molar-refractivity contribution < 1.29 is 14.6 Å². The van der Waals surface area contributed by atoms with Crippen molar-refractivity contribution in [2.75, 3.05) is 13.7 Å². The highest BCUT2D eigenvalue weighted by molar-refractivity contribution is 5.79. The maximum absolute atomic E-state index is 12.3. The van der Waals surface area contributed by atoms with E-state index < -0.39 is 0 Å². The molecule has 4 heteroatoms. The van der Waals surface area contributed by atoms with Crippen molar-refractivity contribution >= 4 is 5.78 Å². The van der Waals surface area contributed by atoms with Crippen molar-refractivity contribution in [3.63, 3.8) is 0 Å². The molecular weight excluding hydrogens is 290 g/mol. The molecule has 1 N–H and O–H groups in total. The number of ether oxygens (including phenoxy) is 1. The lowest BCUT2D eigenvalue weighted by Crippen LogP contribution is -2.47. The van der Waals surface area contributed by atoms with Gasteiger partial charge in [-0.1, -0.05) is 30.3 Å². The standard InChI is InChI=1S/C19H27NO3/c1-13(22)19-16-10-8-15(9-11-18(19)23-2)20(16)17(12-21)14-6-4-3-5-7-14/h3-7,15-19,21H,8-12H2,1-2H3. The van der Waals surface area contributed by atoms with Gasteiger partial charge in [0.15, 0.2) is 0 Å². The van der Waals surface area contributed by atoms with Crippen LogP contribution in [0, 0.1) is 5.92 Å². The molecule has 2 aliphatic heterocycles. The quantitative estimate of drug-likeness (QED) is 0.907. The summed E-state index contributed by atoms with van der Waals surface area (Å²) < 4.78 is 5.66. The molecule has 2 aliphatic rings. The lowest BCUT2D eigenvalue weighted by Gasteiger charge is -2.38. The Balaban J connectivity index is 1.96. The van der Waals surface area contributed by atoms with E-state index in [-0.39, 0.29) is 36.5 Å². The molecule has 5 atom stereocenters. The Bertz CT molecular complexity index is 533. The topological polar surface area (TPSA) is 49.8 Å². The number of hydrogen-bond acceptors (Lipinski definition) is 4. The van der Waals surface area contributed by atoms with Crippen LogP contribution in [0.1, 0.15) is 44.2 Å². The van der Waals surface area contributed by atoms with Gasteiger partial charge in [0.1, 0.15) is 5.78 Å². The summed E-state index contributed by atoms with van der Waals surface area (Å²) in [6.07, 6.45) is 4.07. The van der Waals surface area contributed by atoms with E-state index in [1.165, 1.54) is 0 Å². The Morgan fingerprint density at radius 3 is 2.57 bits per heavy atom. The molecule has 0 aliphatic carbocycles. The summed E-state index contributed by atoms with van der Waals surface area (Å²) >= 11 is 0. The molecule has 1 aromatic carbocycles. The van der Waals surface area contributed by atoms with E-state index in [2.05, 4.69) is 17.0 Å². The first-order valence-electron chi connectivity index (χ1n) is 8.63.